The van der Waals surface area contributed by atoms with Crippen LogP contribution in [0.1, 0.15) is 17.7 Å². The van der Waals surface area contributed by atoms with Gasteiger partial charge in [-0.1, -0.05) is 6.07 Å². The van der Waals surface area contributed by atoms with Gasteiger partial charge in [0.1, 0.15) is 11.8 Å². The zero-order chi connectivity index (χ0) is 12.1. The van der Waals surface area contributed by atoms with Gasteiger partial charge in [0, 0.05) is 31.4 Å². The van der Waals surface area contributed by atoms with Crippen molar-refractivity contribution in [1.82, 2.24) is 14.8 Å². The van der Waals surface area contributed by atoms with Crippen molar-refractivity contribution in [3.05, 3.63) is 29.6 Å². The van der Waals surface area contributed by atoms with E-state index in [1.807, 2.05) is 12.1 Å². The highest BCUT2D eigenvalue weighted by Gasteiger charge is 2.13. The average molecular weight is 230 g/mol. The molecule has 1 aliphatic heterocycles. The summed E-state index contributed by atoms with van der Waals surface area (Å²) in [6, 6.07) is 6.06. The van der Waals surface area contributed by atoms with Crippen molar-refractivity contribution in [3.63, 3.8) is 0 Å². The molecule has 90 valence electrons. The van der Waals surface area contributed by atoms with Gasteiger partial charge in [0.15, 0.2) is 0 Å². The zero-order valence-electron chi connectivity index (χ0n) is 10.3. The van der Waals surface area contributed by atoms with Crippen LogP contribution in [0.15, 0.2) is 18.3 Å². The SMILES string of the molecule is CN1CCCN(Cc2cccnc2C#N)CC1. The molecule has 0 amide bonds. The van der Waals surface area contributed by atoms with Crippen LogP contribution in [0.5, 0.6) is 0 Å². The van der Waals surface area contributed by atoms with Crippen LogP contribution < -0.4 is 0 Å². The van der Waals surface area contributed by atoms with Crippen molar-refractivity contribution in [3.8, 4) is 6.07 Å². The first-order valence-electron chi connectivity index (χ1n) is 6.04. The number of hydrogen-bond acceptors (Lipinski definition) is 4. The molecule has 0 aliphatic carbocycles. The molecule has 1 aliphatic rings. The maximum atomic E-state index is 9.01. The number of nitriles is 1. The highest BCUT2D eigenvalue weighted by molar-refractivity contribution is 5.30. The van der Waals surface area contributed by atoms with Crippen LogP contribution in [0.2, 0.25) is 0 Å². The molecular weight excluding hydrogens is 212 g/mol. The van der Waals surface area contributed by atoms with Gasteiger partial charge in [0.25, 0.3) is 0 Å². The molecule has 0 bridgehead atoms. The number of nitrogens with zero attached hydrogens (tertiary/aromatic N) is 4. The minimum absolute atomic E-state index is 0.560. The van der Waals surface area contributed by atoms with E-state index in [0.29, 0.717) is 5.69 Å². The molecule has 2 rings (SSSR count). The van der Waals surface area contributed by atoms with Crippen molar-refractivity contribution in [1.29, 1.82) is 5.26 Å². The van der Waals surface area contributed by atoms with E-state index in [1.165, 1.54) is 6.42 Å². The molecule has 0 radical (unpaired) electrons. The van der Waals surface area contributed by atoms with E-state index in [2.05, 4.69) is 27.9 Å². The van der Waals surface area contributed by atoms with Gasteiger partial charge in [0.05, 0.1) is 0 Å². The van der Waals surface area contributed by atoms with E-state index < -0.39 is 0 Å². The first kappa shape index (κ1) is 12.0. The van der Waals surface area contributed by atoms with Crippen molar-refractivity contribution >= 4 is 0 Å². The Hall–Kier alpha value is -1.44. The van der Waals surface area contributed by atoms with E-state index in [0.717, 1.165) is 38.3 Å². The molecule has 2 heterocycles. The van der Waals surface area contributed by atoms with Crippen LogP contribution in [0.4, 0.5) is 0 Å². The number of likely N-dealkylation sites (N-methyl/N-ethyl adjacent to an activating group) is 1. The highest BCUT2D eigenvalue weighted by atomic mass is 15.2. The van der Waals surface area contributed by atoms with Crippen LogP contribution >= 0.6 is 0 Å². The van der Waals surface area contributed by atoms with Gasteiger partial charge < -0.3 is 4.90 Å². The zero-order valence-corrected chi connectivity index (χ0v) is 10.3. The fourth-order valence-electron chi connectivity index (χ4n) is 2.17. The molecule has 0 atom stereocenters. The largest absolute Gasteiger partial charge is 0.305 e. The monoisotopic (exact) mass is 230 g/mol. The lowest BCUT2D eigenvalue weighted by Gasteiger charge is -2.20. The third kappa shape index (κ3) is 3.26. The molecule has 1 saturated heterocycles. The minimum Gasteiger partial charge on any atom is -0.305 e. The second-order valence-corrected chi connectivity index (χ2v) is 4.56. The topological polar surface area (TPSA) is 43.2 Å². The van der Waals surface area contributed by atoms with Crippen LogP contribution in [-0.2, 0) is 6.54 Å². The number of aromatic nitrogens is 1. The fourth-order valence-corrected chi connectivity index (χ4v) is 2.17. The Balaban J connectivity index is 2.03. The normalized spacial score (nSPS) is 18.6. The smallest absolute Gasteiger partial charge is 0.144 e. The van der Waals surface area contributed by atoms with E-state index >= 15 is 0 Å². The Kier molecular flexibility index (Phi) is 4.08. The molecule has 0 unspecified atom stereocenters. The first-order valence-corrected chi connectivity index (χ1v) is 6.04. The molecule has 1 aromatic rings. The summed E-state index contributed by atoms with van der Waals surface area (Å²) >= 11 is 0. The summed E-state index contributed by atoms with van der Waals surface area (Å²) in [5, 5.41) is 9.01. The third-order valence-electron chi connectivity index (χ3n) is 3.20. The number of pyridine rings is 1. The van der Waals surface area contributed by atoms with Crippen molar-refractivity contribution in [2.45, 2.75) is 13.0 Å². The summed E-state index contributed by atoms with van der Waals surface area (Å²) in [7, 11) is 2.16. The molecule has 4 nitrogen and oxygen atoms in total. The quantitative estimate of drug-likeness (QED) is 0.763. The Labute approximate surface area is 102 Å². The maximum absolute atomic E-state index is 9.01. The van der Waals surface area contributed by atoms with Gasteiger partial charge in [-0.05, 0) is 32.6 Å². The fraction of sp³-hybridized carbons (Fsp3) is 0.538. The molecule has 0 aromatic carbocycles. The summed E-state index contributed by atoms with van der Waals surface area (Å²) in [6.45, 7) is 5.27. The summed E-state index contributed by atoms with van der Waals surface area (Å²) in [5.41, 5.74) is 1.60. The Morgan fingerprint density at radius 3 is 3.06 bits per heavy atom. The van der Waals surface area contributed by atoms with Crippen molar-refractivity contribution in [2.75, 3.05) is 33.2 Å². The standard InChI is InChI=1S/C13H18N4/c1-16-6-3-7-17(9-8-16)11-12-4-2-5-15-13(12)10-14/h2,4-5H,3,6-9,11H2,1H3. The first-order chi connectivity index (χ1) is 8.29. The van der Waals surface area contributed by atoms with Gasteiger partial charge in [-0.3, -0.25) is 4.90 Å². The number of rotatable bonds is 2. The van der Waals surface area contributed by atoms with Gasteiger partial charge in [-0.25, -0.2) is 4.98 Å². The van der Waals surface area contributed by atoms with Gasteiger partial charge in [-0.15, -0.1) is 0 Å². The van der Waals surface area contributed by atoms with E-state index in [1.54, 1.807) is 6.20 Å². The predicted octanol–water partition coefficient (Wildman–Crippen LogP) is 1.09. The molecular formula is C13H18N4. The van der Waals surface area contributed by atoms with Crippen LogP contribution in [0.3, 0.4) is 0 Å². The molecule has 17 heavy (non-hydrogen) atoms. The van der Waals surface area contributed by atoms with E-state index in [9.17, 15) is 0 Å². The van der Waals surface area contributed by atoms with E-state index in [-0.39, 0.29) is 0 Å². The van der Waals surface area contributed by atoms with Crippen molar-refractivity contribution < 1.29 is 0 Å². The lowest BCUT2D eigenvalue weighted by molar-refractivity contribution is 0.269. The van der Waals surface area contributed by atoms with Crippen molar-refractivity contribution in [2.24, 2.45) is 0 Å². The van der Waals surface area contributed by atoms with Gasteiger partial charge in [-0.2, -0.15) is 5.26 Å². The molecule has 4 heteroatoms. The number of hydrogen-bond donors (Lipinski definition) is 0. The second-order valence-electron chi connectivity index (χ2n) is 4.56. The molecule has 0 N–H and O–H groups in total. The van der Waals surface area contributed by atoms with Crippen LogP contribution in [0.25, 0.3) is 0 Å². The summed E-state index contributed by atoms with van der Waals surface area (Å²) < 4.78 is 0. The molecule has 1 fully saturated rings. The van der Waals surface area contributed by atoms with Crippen LogP contribution in [0, 0.1) is 11.3 Å². The lowest BCUT2D eigenvalue weighted by atomic mass is 10.2. The Bertz CT molecular complexity index is 410. The summed E-state index contributed by atoms with van der Waals surface area (Å²) in [6.07, 6.45) is 2.87. The average Bonchev–Trinajstić information content (AvgIpc) is 2.55. The minimum atomic E-state index is 0.560. The van der Waals surface area contributed by atoms with E-state index in [4.69, 9.17) is 5.26 Å². The maximum Gasteiger partial charge on any atom is 0.144 e. The van der Waals surface area contributed by atoms with Crippen LogP contribution in [-0.4, -0.2) is 48.0 Å². The molecule has 0 spiro atoms. The Morgan fingerprint density at radius 2 is 2.24 bits per heavy atom. The summed E-state index contributed by atoms with van der Waals surface area (Å²) in [5.74, 6) is 0. The lowest BCUT2D eigenvalue weighted by Crippen LogP contribution is -2.28. The highest BCUT2D eigenvalue weighted by Crippen LogP contribution is 2.10. The predicted molar refractivity (Wildman–Crippen MR) is 66.3 cm³/mol. The molecule has 0 saturated carbocycles. The third-order valence-corrected chi connectivity index (χ3v) is 3.20. The summed E-state index contributed by atoms with van der Waals surface area (Å²) in [4.78, 5) is 8.86. The Morgan fingerprint density at radius 1 is 1.35 bits per heavy atom. The van der Waals surface area contributed by atoms with Gasteiger partial charge >= 0.3 is 0 Å². The second kappa shape index (κ2) is 5.76. The molecule has 1 aromatic heterocycles. The van der Waals surface area contributed by atoms with Gasteiger partial charge in [0.2, 0.25) is 0 Å².